The number of carbonyl (C=O) groups excluding carboxylic acids is 1. The number of para-hydroxylation sites is 2. The second kappa shape index (κ2) is 9.39. The molecule has 3 aromatic carbocycles. The van der Waals surface area contributed by atoms with Crippen molar-refractivity contribution in [2.75, 3.05) is 14.2 Å². The first-order chi connectivity index (χ1) is 15.6. The third kappa shape index (κ3) is 4.34. The summed E-state index contributed by atoms with van der Waals surface area (Å²) in [6.45, 7) is 0.534. The quantitative estimate of drug-likeness (QED) is 0.400. The van der Waals surface area contributed by atoms with E-state index < -0.39 is 11.5 Å². The summed E-state index contributed by atoms with van der Waals surface area (Å²) in [5, 5.41) is 0.689. The van der Waals surface area contributed by atoms with Crippen LogP contribution >= 0.6 is 0 Å². The molecule has 0 spiro atoms. The molecule has 4 aromatic rings. The first kappa shape index (κ1) is 21.2. The van der Waals surface area contributed by atoms with E-state index in [1.807, 2.05) is 54.6 Å². The lowest BCUT2D eigenvalue weighted by atomic mass is 10.1. The van der Waals surface area contributed by atoms with Gasteiger partial charge in [-0.25, -0.2) is 4.79 Å². The number of ether oxygens (including phenoxy) is 2. The molecular weight excluding hydrogens is 406 g/mol. The van der Waals surface area contributed by atoms with Gasteiger partial charge in [0.25, 0.3) is 5.91 Å². The Morgan fingerprint density at radius 3 is 2.38 bits per heavy atom. The van der Waals surface area contributed by atoms with E-state index in [1.165, 1.54) is 0 Å². The minimum Gasteiger partial charge on any atom is -0.493 e. The molecule has 0 aliphatic rings. The minimum atomic E-state index is -0.663. The molecule has 4 rings (SSSR count). The van der Waals surface area contributed by atoms with E-state index in [9.17, 15) is 9.59 Å². The predicted molar refractivity (Wildman–Crippen MR) is 122 cm³/mol. The van der Waals surface area contributed by atoms with Crippen molar-refractivity contribution in [1.82, 2.24) is 4.90 Å². The van der Waals surface area contributed by atoms with Gasteiger partial charge in [0.1, 0.15) is 11.1 Å². The first-order valence-corrected chi connectivity index (χ1v) is 10.2. The van der Waals surface area contributed by atoms with Crippen molar-refractivity contribution in [3.05, 3.63) is 106 Å². The summed E-state index contributed by atoms with van der Waals surface area (Å²) in [6, 6.07) is 23.8. The lowest BCUT2D eigenvalue weighted by Crippen LogP contribution is -2.33. The molecule has 6 heteroatoms. The molecule has 1 heterocycles. The van der Waals surface area contributed by atoms with E-state index >= 15 is 0 Å². The van der Waals surface area contributed by atoms with Crippen LogP contribution in [0.3, 0.4) is 0 Å². The van der Waals surface area contributed by atoms with Gasteiger partial charge in [-0.2, -0.15) is 0 Å². The zero-order valence-corrected chi connectivity index (χ0v) is 17.9. The topological polar surface area (TPSA) is 69.0 Å². The monoisotopic (exact) mass is 429 g/mol. The number of methoxy groups -OCH3 is 2. The minimum absolute atomic E-state index is 0.0125. The number of rotatable bonds is 7. The molecule has 0 radical (unpaired) electrons. The average Bonchev–Trinajstić information content (AvgIpc) is 2.83. The van der Waals surface area contributed by atoms with Crippen molar-refractivity contribution in [3.8, 4) is 11.5 Å². The van der Waals surface area contributed by atoms with Crippen molar-refractivity contribution in [2.24, 2.45) is 0 Å². The molecule has 0 atom stereocenters. The summed E-state index contributed by atoms with van der Waals surface area (Å²) >= 11 is 0. The second-order valence-corrected chi connectivity index (χ2v) is 7.28. The maximum Gasteiger partial charge on any atom is 0.349 e. The normalized spacial score (nSPS) is 10.7. The maximum atomic E-state index is 13.6. The number of amides is 1. The fraction of sp³-hybridized carbons (Fsp3) is 0.154. The van der Waals surface area contributed by atoms with Crippen molar-refractivity contribution >= 4 is 16.9 Å². The highest BCUT2D eigenvalue weighted by molar-refractivity contribution is 5.96. The molecular formula is C26H23NO5. The Kier molecular flexibility index (Phi) is 6.22. The number of fused-ring (bicyclic) bond motifs is 1. The van der Waals surface area contributed by atoms with Crippen LogP contribution in [-0.4, -0.2) is 25.0 Å². The van der Waals surface area contributed by atoms with Crippen molar-refractivity contribution in [1.29, 1.82) is 0 Å². The molecule has 0 saturated carbocycles. The zero-order valence-electron chi connectivity index (χ0n) is 17.9. The van der Waals surface area contributed by atoms with Crippen LogP contribution in [0.15, 0.2) is 88.1 Å². The third-order valence-electron chi connectivity index (χ3n) is 5.22. The molecule has 0 unspecified atom stereocenters. The van der Waals surface area contributed by atoms with Crippen LogP contribution in [0.1, 0.15) is 21.5 Å². The number of nitrogens with zero attached hydrogens (tertiary/aromatic N) is 1. The van der Waals surface area contributed by atoms with E-state index in [0.29, 0.717) is 29.0 Å². The van der Waals surface area contributed by atoms with Gasteiger partial charge in [0.15, 0.2) is 11.5 Å². The molecule has 0 aliphatic carbocycles. The van der Waals surface area contributed by atoms with Gasteiger partial charge in [-0.3, -0.25) is 4.79 Å². The van der Waals surface area contributed by atoms with Crippen molar-refractivity contribution in [3.63, 3.8) is 0 Å². The van der Waals surface area contributed by atoms with Crippen LogP contribution in [0.2, 0.25) is 0 Å². The predicted octanol–water partition coefficient (Wildman–Crippen LogP) is 4.65. The summed E-state index contributed by atoms with van der Waals surface area (Å²) in [7, 11) is 3.12. The van der Waals surface area contributed by atoms with Crippen LogP contribution in [0.4, 0.5) is 0 Å². The fourth-order valence-electron chi connectivity index (χ4n) is 3.67. The highest BCUT2D eigenvalue weighted by Crippen LogP contribution is 2.32. The van der Waals surface area contributed by atoms with Crippen molar-refractivity contribution < 1.29 is 18.7 Å². The Morgan fingerprint density at radius 1 is 0.875 bits per heavy atom. The van der Waals surface area contributed by atoms with Gasteiger partial charge < -0.3 is 18.8 Å². The van der Waals surface area contributed by atoms with Crippen LogP contribution in [0, 0.1) is 0 Å². The Morgan fingerprint density at radius 2 is 1.62 bits per heavy atom. The van der Waals surface area contributed by atoms with Gasteiger partial charge in [-0.05, 0) is 23.8 Å². The molecule has 1 aromatic heterocycles. The SMILES string of the molecule is COc1cccc(CN(Cc2ccccc2)C(=O)c2cc3ccccc3oc2=O)c1OC. The van der Waals surface area contributed by atoms with E-state index in [0.717, 1.165) is 11.1 Å². The molecule has 6 nitrogen and oxygen atoms in total. The van der Waals surface area contributed by atoms with Gasteiger partial charge in [-0.15, -0.1) is 0 Å². The highest BCUT2D eigenvalue weighted by Gasteiger charge is 2.23. The maximum absolute atomic E-state index is 13.6. The van der Waals surface area contributed by atoms with Gasteiger partial charge in [0, 0.05) is 17.5 Å². The Bertz CT molecular complexity index is 1300. The van der Waals surface area contributed by atoms with E-state index in [1.54, 1.807) is 43.4 Å². The van der Waals surface area contributed by atoms with Gasteiger partial charge in [0.05, 0.1) is 20.8 Å². The molecule has 162 valence electrons. The Labute approximate surface area is 185 Å². The van der Waals surface area contributed by atoms with Gasteiger partial charge >= 0.3 is 5.63 Å². The highest BCUT2D eigenvalue weighted by atomic mass is 16.5. The van der Waals surface area contributed by atoms with Gasteiger partial charge in [0.2, 0.25) is 0 Å². The number of hydrogen-bond acceptors (Lipinski definition) is 5. The van der Waals surface area contributed by atoms with E-state index in [4.69, 9.17) is 13.9 Å². The summed E-state index contributed by atoms with van der Waals surface area (Å²) < 4.78 is 16.3. The number of carbonyl (C=O) groups is 1. The molecule has 1 amide bonds. The van der Waals surface area contributed by atoms with Crippen LogP contribution in [0.5, 0.6) is 11.5 Å². The number of benzene rings is 3. The molecule has 32 heavy (non-hydrogen) atoms. The van der Waals surface area contributed by atoms with E-state index in [2.05, 4.69) is 0 Å². The summed E-state index contributed by atoms with van der Waals surface area (Å²) in [5.41, 5.74) is 1.47. The van der Waals surface area contributed by atoms with Crippen LogP contribution in [-0.2, 0) is 13.1 Å². The molecule has 0 fully saturated rings. The molecule has 0 bridgehead atoms. The standard InChI is InChI=1S/C26H23NO5/c1-30-23-14-8-12-20(24(23)31-2)17-27(16-18-9-4-3-5-10-18)25(28)21-15-19-11-6-7-13-22(19)32-26(21)29/h3-15H,16-17H2,1-2H3. The Hall–Kier alpha value is -4.06. The summed E-state index contributed by atoms with van der Waals surface area (Å²) in [5.74, 6) is 0.701. The second-order valence-electron chi connectivity index (χ2n) is 7.28. The largest absolute Gasteiger partial charge is 0.493 e. The van der Waals surface area contributed by atoms with Gasteiger partial charge in [-0.1, -0.05) is 60.7 Å². The summed E-state index contributed by atoms with van der Waals surface area (Å²) in [4.78, 5) is 27.8. The summed E-state index contributed by atoms with van der Waals surface area (Å²) in [6.07, 6.45) is 0. The molecule has 0 N–H and O–H groups in total. The lowest BCUT2D eigenvalue weighted by molar-refractivity contribution is 0.0724. The average molecular weight is 429 g/mol. The fourth-order valence-corrected chi connectivity index (χ4v) is 3.67. The van der Waals surface area contributed by atoms with Crippen LogP contribution in [0.25, 0.3) is 11.0 Å². The first-order valence-electron chi connectivity index (χ1n) is 10.2. The molecule has 0 saturated heterocycles. The molecule has 0 aliphatic heterocycles. The van der Waals surface area contributed by atoms with Crippen LogP contribution < -0.4 is 15.1 Å². The zero-order chi connectivity index (χ0) is 22.5. The third-order valence-corrected chi connectivity index (χ3v) is 5.22. The lowest BCUT2D eigenvalue weighted by Gasteiger charge is -2.24. The Balaban J connectivity index is 1.76. The van der Waals surface area contributed by atoms with Crippen molar-refractivity contribution in [2.45, 2.75) is 13.1 Å². The smallest absolute Gasteiger partial charge is 0.349 e. The number of hydrogen-bond donors (Lipinski definition) is 0. The van der Waals surface area contributed by atoms with E-state index in [-0.39, 0.29) is 12.1 Å².